The summed E-state index contributed by atoms with van der Waals surface area (Å²) >= 11 is 1.85. The Labute approximate surface area is 159 Å². The zero-order valence-corrected chi connectivity index (χ0v) is 16.8. The van der Waals surface area contributed by atoms with Crippen molar-refractivity contribution in [2.75, 3.05) is 46.4 Å². The summed E-state index contributed by atoms with van der Waals surface area (Å²) in [5, 5.41) is 2.17. The molecule has 2 aliphatic heterocycles. The first kappa shape index (κ1) is 19.0. The maximum Gasteiger partial charge on any atom is 0.191 e. The molecule has 0 radical (unpaired) electrons. The van der Waals surface area contributed by atoms with E-state index in [1.807, 2.05) is 11.3 Å². The molecule has 0 bridgehead atoms. The number of nitrogens with two attached hydrogens (primary N) is 1. The molecule has 2 atom stereocenters. The van der Waals surface area contributed by atoms with Crippen LogP contribution in [0.3, 0.4) is 0 Å². The lowest BCUT2D eigenvalue weighted by Gasteiger charge is -2.38. The number of hydrogen-bond acceptors (Lipinski definition) is 4. The van der Waals surface area contributed by atoms with Gasteiger partial charge in [0.15, 0.2) is 5.96 Å². The topological polar surface area (TPSA) is 54.1 Å². The second-order valence-electron chi connectivity index (χ2n) is 6.14. The van der Waals surface area contributed by atoms with Crippen molar-refractivity contribution in [1.29, 1.82) is 0 Å². The van der Waals surface area contributed by atoms with Crippen molar-refractivity contribution < 1.29 is 4.74 Å². The number of aliphatic imine (C=N–C) groups is 1. The predicted octanol–water partition coefficient (Wildman–Crippen LogP) is 2.40. The fourth-order valence-electron chi connectivity index (χ4n) is 3.46. The average molecular weight is 450 g/mol. The molecule has 2 saturated heterocycles. The number of thiophene rings is 1. The minimum Gasteiger partial charge on any atom is -0.378 e. The zero-order chi connectivity index (χ0) is 15.4. The fourth-order valence-corrected chi connectivity index (χ4v) is 4.45. The molecule has 130 valence electrons. The van der Waals surface area contributed by atoms with Crippen LogP contribution in [0.25, 0.3) is 0 Å². The van der Waals surface area contributed by atoms with Crippen LogP contribution in [0.15, 0.2) is 22.5 Å². The monoisotopic (exact) mass is 450 g/mol. The molecule has 2 fully saturated rings. The van der Waals surface area contributed by atoms with E-state index < -0.39 is 0 Å². The van der Waals surface area contributed by atoms with Crippen molar-refractivity contribution in [3.63, 3.8) is 0 Å². The van der Waals surface area contributed by atoms with E-state index in [1.54, 1.807) is 0 Å². The van der Waals surface area contributed by atoms with Gasteiger partial charge in [-0.3, -0.25) is 9.89 Å². The van der Waals surface area contributed by atoms with Gasteiger partial charge in [-0.15, -0.1) is 35.3 Å². The number of morpholine rings is 1. The highest BCUT2D eigenvalue weighted by Crippen LogP contribution is 2.37. The van der Waals surface area contributed by atoms with E-state index in [9.17, 15) is 0 Å². The minimum absolute atomic E-state index is 0. The Morgan fingerprint density at radius 1 is 1.39 bits per heavy atom. The molecular formula is C16H27IN4OS. The third kappa shape index (κ3) is 4.80. The van der Waals surface area contributed by atoms with E-state index in [4.69, 9.17) is 15.5 Å². The zero-order valence-electron chi connectivity index (χ0n) is 13.7. The van der Waals surface area contributed by atoms with Crippen LogP contribution in [-0.4, -0.2) is 62.2 Å². The fraction of sp³-hybridized carbons (Fsp3) is 0.688. The third-order valence-electron chi connectivity index (χ3n) is 4.66. The Morgan fingerprint density at radius 3 is 2.87 bits per heavy atom. The number of ether oxygens (including phenoxy) is 1. The van der Waals surface area contributed by atoms with Gasteiger partial charge < -0.3 is 15.4 Å². The number of nitrogens with zero attached hydrogens (tertiary/aromatic N) is 3. The summed E-state index contributed by atoms with van der Waals surface area (Å²) in [6.07, 6.45) is 2.48. The van der Waals surface area contributed by atoms with Crippen molar-refractivity contribution in [3.05, 3.63) is 22.4 Å². The molecule has 0 spiro atoms. The van der Waals surface area contributed by atoms with Gasteiger partial charge in [0.05, 0.1) is 13.2 Å². The molecule has 3 heterocycles. The Hall–Kier alpha value is -0.380. The van der Waals surface area contributed by atoms with E-state index in [1.165, 1.54) is 24.3 Å². The molecule has 1 aromatic heterocycles. The van der Waals surface area contributed by atoms with Crippen LogP contribution >= 0.6 is 35.3 Å². The van der Waals surface area contributed by atoms with Crippen LogP contribution < -0.4 is 5.73 Å². The Bertz CT molecular complexity index is 490. The SMILES string of the molecule is CN1CCCC(CN=C(N)N2CCOCC2)C1c1cccs1.I. The number of halogens is 1. The van der Waals surface area contributed by atoms with Gasteiger partial charge in [0, 0.05) is 30.6 Å². The van der Waals surface area contributed by atoms with Gasteiger partial charge in [-0.2, -0.15) is 0 Å². The van der Waals surface area contributed by atoms with Crippen molar-refractivity contribution in [1.82, 2.24) is 9.80 Å². The quantitative estimate of drug-likeness (QED) is 0.437. The van der Waals surface area contributed by atoms with Crippen molar-refractivity contribution in [3.8, 4) is 0 Å². The molecule has 2 unspecified atom stereocenters. The number of hydrogen-bond donors (Lipinski definition) is 1. The summed E-state index contributed by atoms with van der Waals surface area (Å²) in [7, 11) is 2.23. The van der Waals surface area contributed by atoms with Gasteiger partial charge in [-0.25, -0.2) is 0 Å². The number of rotatable bonds is 3. The van der Waals surface area contributed by atoms with E-state index in [-0.39, 0.29) is 24.0 Å². The lowest BCUT2D eigenvalue weighted by molar-refractivity contribution is 0.0672. The summed E-state index contributed by atoms with van der Waals surface area (Å²) < 4.78 is 5.37. The summed E-state index contributed by atoms with van der Waals surface area (Å²) in [4.78, 5) is 10.8. The van der Waals surface area contributed by atoms with Gasteiger partial charge in [-0.05, 0) is 43.8 Å². The summed E-state index contributed by atoms with van der Waals surface area (Å²) in [6.45, 7) is 5.20. The molecule has 2 aliphatic rings. The Balaban J connectivity index is 0.00000192. The average Bonchev–Trinajstić information content (AvgIpc) is 3.07. The first-order chi connectivity index (χ1) is 10.8. The number of piperidine rings is 1. The first-order valence-corrected chi connectivity index (χ1v) is 9.00. The van der Waals surface area contributed by atoms with Gasteiger partial charge in [0.25, 0.3) is 0 Å². The molecule has 7 heteroatoms. The van der Waals surface area contributed by atoms with Crippen LogP contribution in [0, 0.1) is 5.92 Å². The van der Waals surface area contributed by atoms with Crippen molar-refractivity contribution >= 4 is 41.3 Å². The predicted molar refractivity (Wildman–Crippen MR) is 107 cm³/mol. The molecule has 0 aromatic carbocycles. The lowest BCUT2D eigenvalue weighted by atomic mass is 9.88. The van der Waals surface area contributed by atoms with Gasteiger partial charge in [0.1, 0.15) is 0 Å². The summed E-state index contributed by atoms with van der Waals surface area (Å²) in [5.41, 5.74) is 6.17. The normalized spacial score (nSPS) is 26.8. The summed E-state index contributed by atoms with van der Waals surface area (Å²) in [5.74, 6) is 1.23. The molecule has 3 rings (SSSR count). The highest BCUT2D eigenvalue weighted by molar-refractivity contribution is 14.0. The second-order valence-corrected chi connectivity index (χ2v) is 7.12. The highest BCUT2D eigenvalue weighted by Gasteiger charge is 2.31. The molecule has 0 saturated carbocycles. The molecule has 1 aromatic rings. The maximum absolute atomic E-state index is 6.17. The molecule has 0 amide bonds. The van der Waals surface area contributed by atoms with Crippen LogP contribution in [0.5, 0.6) is 0 Å². The van der Waals surface area contributed by atoms with E-state index >= 15 is 0 Å². The molecule has 2 N–H and O–H groups in total. The first-order valence-electron chi connectivity index (χ1n) is 8.12. The third-order valence-corrected chi connectivity index (χ3v) is 5.61. The largest absolute Gasteiger partial charge is 0.378 e. The minimum atomic E-state index is 0. The van der Waals surface area contributed by atoms with E-state index in [0.29, 0.717) is 17.9 Å². The van der Waals surface area contributed by atoms with Crippen LogP contribution in [0.2, 0.25) is 0 Å². The molecule has 0 aliphatic carbocycles. The Kier molecular flexibility index (Phi) is 7.58. The van der Waals surface area contributed by atoms with Gasteiger partial charge >= 0.3 is 0 Å². The van der Waals surface area contributed by atoms with Crippen LogP contribution in [-0.2, 0) is 4.74 Å². The lowest BCUT2D eigenvalue weighted by Crippen LogP contribution is -2.45. The molecular weight excluding hydrogens is 423 g/mol. The second kappa shape index (κ2) is 9.19. The number of guanidine groups is 1. The standard InChI is InChI=1S/C16H26N4OS.HI/c1-19-6-2-4-13(15(19)14-5-3-11-22-14)12-18-16(17)20-7-9-21-10-8-20;/h3,5,11,13,15H,2,4,6-10,12H2,1H3,(H2,17,18);1H. The Morgan fingerprint density at radius 2 is 2.17 bits per heavy atom. The number of likely N-dealkylation sites (tertiary alicyclic amines) is 1. The summed E-state index contributed by atoms with van der Waals surface area (Å²) in [6, 6.07) is 4.87. The van der Waals surface area contributed by atoms with Crippen LogP contribution in [0.1, 0.15) is 23.8 Å². The van der Waals surface area contributed by atoms with E-state index in [2.05, 4.69) is 34.4 Å². The molecule has 5 nitrogen and oxygen atoms in total. The van der Waals surface area contributed by atoms with Gasteiger partial charge in [-0.1, -0.05) is 6.07 Å². The van der Waals surface area contributed by atoms with E-state index in [0.717, 1.165) is 32.8 Å². The van der Waals surface area contributed by atoms with Crippen molar-refractivity contribution in [2.24, 2.45) is 16.6 Å². The van der Waals surface area contributed by atoms with Gasteiger partial charge in [0.2, 0.25) is 0 Å². The molecule has 23 heavy (non-hydrogen) atoms. The highest BCUT2D eigenvalue weighted by atomic mass is 127. The maximum atomic E-state index is 6.17. The van der Waals surface area contributed by atoms with Crippen LogP contribution in [0.4, 0.5) is 0 Å². The van der Waals surface area contributed by atoms with Crippen molar-refractivity contribution in [2.45, 2.75) is 18.9 Å². The smallest absolute Gasteiger partial charge is 0.191 e.